The van der Waals surface area contributed by atoms with E-state index in [0.29, 0.717) is 5.92 Å². The number of hydrogen-bond acceptors (Lipinski definition) is 2. The fourth-order valence-electron chi connectivity index (χ4n) is 3.46. The van der Waals surface area contributed by atoms with Gasteiger partial charge in [0.25, 0.3) is 0 Å². The van der Waals surface area contributed by atoms with Gasteiger partial charge in [0.1, 0.15) is 0 Å². The van der Waals surface area contributed by atoms with Crippen molar-refractivity contribution in [3.8, 4) is 0 Å². The summed E-state index contributed by atoms with van der Waals surface area (Å²) in [5.74, 6) is 1.50. The van der Waals surface area contributed by atoms with Gasteiger partial charge < -0.3 is 10.0 Å². The van der Waals surface area contributed by atoms with E-state index in [4.69, 9.17) is 0 Å². The van der Waals surface area contributed by atoms with Gasteiger partial charge in [0.2, 0.25) is 0 Å². The van der Waals surface area contributed by atoms with Crippen LogP contribution in [0.4, 0.5) is 0 Å². The molecule has 16 heavy (non-hydrogen) atoms. The van der Waals surface area contributed by atoms with Crippen LogP contribution in [-0.2, 0) is 0 Å². The molecule has 3 atom stereocenters. The predicted molar refractivity (Wildman–Crippen MR) is 67.4 cm³/mol. The van der Waals surface area contributed by atoms with Gasteiger partial charge in [-0.25, -0.2) is 0 Å². The number of hydrogen-bond donors (Lipinski definition) is 1. The molecule has 0 amide bonds. The zero-order chi connectivity index (χ0) is 11.4. The lowest BCUT2D eigenvalue weighted by molar-refractivity contribution is 0.0503. The third-order valence-electron chi connectivity index (χ3n) is 4.43. The molecule has 0 spiro atoms. The molecule has 1 N–H and O–H groups in total. The summed E-state index contributed by atoms with van der Waals surface area (Å²) in [6, 6.07) is 0. The zero-order valence-corrected chi connectivity index (χ0v) is 10.7. The van der Waals surface area contributed by atoms with Crippen LogP contribution in [0.1, 0.15) is 51.9 Å². The minimum atomic E-state index is -0.0148. The van der Waals surface area contributed by atoms with Gasteiger partial charge in [-0.3, -0.25) is 0 Å². The first-order valence-corrected chi connectivity index (χ1v) is 7.20. The molecule has 0 aromatic carbocycles. The molecule has 94 valence electrons. The summed E-state index contributed by atoms with van der Waals surface area (Å²) >= 11 is 0. The average molecular weight is 225 g/mol. The maximum Gasteiger partial charge on any atom is 0.0580 e. The molecule has 0 aromatic heterocycles. The van der Waals surface area contributed by atoms with Gasteiger partial charge in [-0.15, -0.1) is 0 Å². The van der Waals surface area contributed by atoms with Crippen molar-refractivity contribution >= 4 is 0 Å². The van der Waals surface area contributed by atoms with Crippen LogP contribution in [0.2, 0.25) is 0 Å². The minimum absolute atomic E-state index is 0.0148. The molecular formula is C14H27NO. The maximum atomic E-state index is 9.97. The van der Waals surface area contributed by atoms with E-state index in [0.717, 1.165) is 18.9 Å². The van der Waals surface area contributed by atoms with Gasteiger partial charge in [-0.1, -0.05) is 26.2 Å². The van der Waals surface area contributed by atoms with Crippen molar-refractivity contribution in [2.24, 2.45) is 11.8 Å². The van der Waals surface area contributed by atoms with Crippen molar-refractivity contribution in [3.63, 3.8) is 0 Å². The van der Waals surface area contributed by atoms with E-state index >= 15 is 0 Å². The van der Waals surface area contributed by atoms with Gasteiger partial charge in [-0.2, -0.15) is 0 Å². The lowest BCUT2D eigenvalue weighted by atomic mass is 9.86. The lowest BCUT2D eigenvalue weighted by Crippen LogP contribution is -2.35. The van der Waals surface area contributed by atoms with Gasteiger partial charge in [0.05, 0.1) is 6.10 Å². The summed E-state index contributed by atoms with van der Waals surface area (Å²) in [4.78, 5) is 2.60. The van der Waals surface area contributed by atoms with Crippen molar-refractivity contribution in [3.05, 3.63) is 0 Å². The zero-order valence-electron chi connectivity index (χ0n) is 10.7. The Morgan fingerprint density at radius 1 is 1.19 bits per heavy atom. The van der Waals surface area contributed by atoms with E-state index in [1.165, 1.54) is 51.6 Å². The molecule has 2 fully saturated rings. The van der Waals surface area contributed by atoms with Crippen molar-refractivity contribution in [1.29, 1.82) is 0 Å². The summed E-state index contributed by atoms with van der Waals surface area (Å²) in [6.45, 7) is 6.00. The second-order valence-corrected chi connectivity index (χ2v) is 5.81. The summed E-state index contributed by atoms with van der Waals surface area (Å²) in [5.41, 5.74) is 0. The maximum absolute atomic E-state index is 9.97. The van der Waals surface area contributed by atoms with Gasteiger partial charge in [-0.05, 0) is 44.1 Å². The van der Waals surface area contributed by atoms with E-state index in [-0.39, 0.29) is 6.10 Å². The van der Waals surface area contributed by atoms with Gasteiger partial charge >= 0.3 is 0 Å². The molecule has 1 saturated heterocycles. The highest BCUT2D eigenvalue weighted by Crippen LogP contribution is 2.28. The third kappa shape index (κ3) is 3.21. The molecule has 1 aliphatic carbocycles. The van der Waals surface area contributed by atoms with Crippen molar-refractivity contribution in [2.75, 3.05) is 19.6 Å². The van der Waals surface area contributed by atoms with Crippen molar-refractivity contribution in [1.82, 2.24) is 4.90 Å². The Hall–Kier alpha value is -0.0800. The number of nitrogens with zero attached hydrogens (tertiary/aromatic N) is 1. The Labute approximate surface area is 100 Å². The first-order valence-electron chi connectivity index (χ1n) is 7.20. The van der Waals surface area contributed by atoms with Crippen LogP contribution in [0.5, 0.6) is 0 Å². The molecule has 1 aliphatic heterocycles. The number of aliphatic hydroxyl groups excluding tert-OH is 1. The van der Waals surface area contributed by atoms with Gasteiger partial charge in [0, 0.05) is 13.1 Å². The smallest absolute Gasteiger partial charge is 0.0580 e. The summed E-state index contributed by atoms with van der Waals surface area (Å²) in [6.07, 6.45) is 8.93. The Bertz CT molecular complexity index is 207. The Balaban J connectivity index is 1.73. The largest absolute Gasteiger partial charge is 0.393 e. The minimum Gasteiger partial charge on any atom is -0.393 e. The third-order valence-corrected chi connectivity index (χ3v) is 4.43. The molecule has 3 unspecified atom stereocenters. The number of aliphatic hydroxyl groups is 1. The molecule has 2 aliphatic rings. The summed E-state index contributed by atoms with van der Waals surface area (Å²) in [7, 11) is 0. The predicted octanol–water partition coefficient (Wildman–Crippen LogP) is 2.66. The lowest BCUT2D eigenvalue weighted by Gasteiger charge is -2.31. The van der Waals surface area contributed by atoms with Crippen LogP contribution in [-0.4, -0.2) is 35.7 Å². The van der Waals surface area contributed by atoms with E-state index in [9.17, 15) is 5.11 Å². The Kier molecular flexibility index (Phi) is 4.66. The Morgan fingerprint density at radius 2 is 2.00 bits per heavy atom. The van der Waals surface area contributed by atoms with E-state index in [2.05, 4.69) is 11.8 Å². The summed E-state index contributed by atoms with van der Waals surface area (Å²) in [5, 5.41) is 9.97. The van der Waals surface area contributed by atoms with Crippen molar-refractivity contribution in [2.45, 2.75) is 58.0 Å². The van der Waals surface area contributed by atoms with E-state index < -0.39 is 0 Å². The molecule has 0 aromatic rings. The standard InChI is InChI=1S/C14H27NO/c1-2-5-12-8-9-15(10-12)11-13-6-3-4-7-14(13)16/h12-14,16H,2-11H2,1H3. The number of likely N-dealkylation sites (tertiary alicyclic amines) is 1. The average Bonchev–Trinajstić information content (AvgIpc) is 2.70. The first-order chi connectivity index (χ1) is 7.79. The fourth-order valence-corrected chi connectivity index (χ4v) is 3.46. The molecular weight excluding hydrogens is 198 g/mol. The highest BCUT2D eigenvalue weighted by atomic mass is 16.3. The van der Waals surface area contributed by atoms with Crippen molar-refractivity contribution < 1.29 is 5.11 Å². The molecule has 2 rings (SSSR count). The quantitative estimate of drug-likeness (QED) is 0.795. The van der Waals surface area contributed by atoms with Gasteiger partial charge in [0.15, 0.2) is 0 Å². The molecule has 2 nitrogen and oxygen atoms in total. The van der Waals surface area contributed by atoms with Crippen LogP contribution >= 0.6 is 0 Å². The fraction of sp³-hybridized carbons (Fsp3) is 1.00. The second-order valence-electron chi connectivity index (χ2n) is 5.81. The normalized spacial score (nSPS) is 36.8. The first kappa shape index (κ1) is 12.4. The molecule has 0 bridgehead atoms. The van der Waals surface area contributed by atoms with E-state index in [1.807, 2.05) is 0 Å². The molecule has 0 radical (unpaired) electrons. The topological polar surface area (TPSA) is 23.5 Å². The monoisotopic (exact) mass is 225 g/mol. The van der Waals surface area contributed by atoms with Crippen LogP contribution in [0, 0.1) is 11.8 Å². The molecule has 2 heteroatoms. The highest BCUT2D eigenvalue weighted by Gasteiger charge is 2.28. The van der Waals surface area contributed by atoms with Crippen LogP contribution in [0.15, 0.2) is 0 Å². The number of rotatable bonds is 4. The van der Waals surface area contributed by atoms with E-state index in [1.54, 1.807) is 0 Å². The SMILES string of the molecule is CCCC1CCN(CC2CCCCC2O)C1. The van der Waals surface area contributed by atoms with Crippen LogP contribution < -0.4 is 0 Å². The second kappa shape index (κ2) is 6.02. The highest BCUT2D eigenvalue weighted by molar-refractivity contribution is 4.81. The molecule has 1 heterocycles. The summed E-state index contributed by atoms with van der Waals surface area (Å²) < 4.78 is 0. The molecule has 1 saturated carbocycles. The van der Waals surface area contributed by atoms with Crippen LogP contribution in [0.3, 0.4) is 0 Å². The van der Waals surface area contributed by atoms with Crippen LogP contribution in [0.25, 0.3) is 0 Å². The Morgan fingerprint density at radius 3 is 2.75 bits per heavy atom.